The van der Waals surface area contributed by atoms with Gasteiger partial charge in [0, 0.05) is 6.04 Å². The third kappa shape index (κ3) is 4.38. The molecule has 5 N–H and O–H groups in total. The standard InChI is InChI=1S/C4H10N2O2.BrH/c1-2(5)3(6)4(7)8;/h2-3H,5-6H2,1H3,(H,7,8);1H. The van der Waals surface area contributed by atoms with Crippen LogP contribution in [0, 0.1) is 0 Å². The smallest absolute Gasteiger partial charge is 0.322 e. The van der Waals surface area contributed by atoms with Gasteiger partial charge in [0.05, 0.1) is 0 Å². The molecule has 0 saturated carbocycles. The summed E-state index contributed by atoms with van der Waals surface area (Å²) in [6.07, 6.45) is 0. The molecule has 4 nitrogen and oxygen atoms in total. The molecule has 0 radical (unpaired) electrons. The first-order valence-corrected chi connectivity index (χ1v) is 2.29. The largest absolute Gasteiger partial charge is 0.480 e. The highest BCUT2D eigenvalue weighted by Crippen LogP contribution is 1.82. The lowest BCUT2D eigenvalue weighted by Crippen LogP contribution is -2.44. The molecule has 0 heterocycles. The summed E-state index contributed by atoms with van der Waals surface area (Å²) in [5, 5.41) is 8.15. The molecule has 0 bridgehead atoms. The Labute approximate surface area is 64.0 Å². The van der Waals surface area contributed by atoms with Crippen LogP contribution in [-0.4, -0.2) is 23.2 Å². The Morgan fingerprint density at radius 1 is 1.56 bits per heavy atom. The lowest BCUT2D eigenvalue weighted by molar-refractivity contribution is -0.138. The molecule has 0 fully saturated rings. The van der Waals surface area contributed by atoms with Crippen molar-refractivity contribution in [1.29, 1.82) is 0 Å². The van der Waals surface area contributed by atoms with E-state index in [2.05, 4.69) is 0 Å². The Morgan fingerprint density at radius 2 is 1.89 bits per heavy atom. The zero-order valence-corrected chi connectivity index (χ0v) is 6.79. The molecule has 2 unspecified atom stereocenters. The molecule has 0 amide bonds. The molecule has 0 aromatic heterocycles. The summed E-state index contributed by atoms with van der Waals surface area (Å²) in [6.45, 7) is 1.55. The van der Waals surface area contributed by atoms with E-state index in [-0.39, 0.29) is 17.0 Å². The van der Waals surface area contributed by atoms with E-state index in [4.69, 9.17) is 16.6 Å². The van der Waals surface area contributed by atoms with Crippen molar-refractivity contribution in [3.63, 3.8) is 0 Å². The van der Waals surface area contributed by atoms with Crippen LogP contribution >= 0.6 is 17.0 Å². The highest BCUT2D eigenvalue weighted by Gasteiger charge is 2.14. The molecule has 0 spiro atoms. The minimum atomic E-state index is -1.06. The number of aliphatic carboxylic acids is 1. The third-order valence-electron chi connectivity index (χ3n) is 0.852. The van der Waals surface area contributed by atoms with Crippen molar-refractivity contribution >= 4 is 23.0 Å². The van der Waals surface area contributed by atoms with Crippen LogP contribution in [0.5, 0.6) is 0 Å². The second-order valence-electron chi connectivity index (χ2n) is 1.72. The predicted molar refractivity (Wildman–Crippen MR) is 39.6 cm³/mol. The maximum absolute atomic E-state index is 9.94. The normalized spacial score (nSPS) is 15.4. The molecule has 9 heavy (non-hydrogen) atoms. The highest BCUT2D eigenvalue weighted by molar-refractivity contribution is 8.93. The van der Waals surface area contributed by atoms with Crippen molar-refractivity contribution in [2.45, 2.75) is 19.0 Å². The van der Waals surface area contributed by atoms with E-state index in [1.54, 1.807) is 6.92 Å². The number of halogens is 1. The maximum Gasteiger partial charge on any atom is 0.322 e. The molecular weight excluding hydrogens is 188 g/mol. The van der Waals surface area contributed by atoms with Gasteiger partial charge in [-0.3, -0.25) is 4.79 Å². The third-order valence-corrected chi connectivity index (χ3v) is 0.852. The maximum atomic E-state index is 9.94. The van der Waals surface area contributed by atoms with Crippen molar-refractivity contribution < 1.29 is 9.90 Å². The SMILES string of the molecule is Br.CC(N)C(N)C(=O)O. The van der Waals surface area contributed by atoms with Gasteiger partial charge in [-0.05, 0) is 6.92 Å². The number of rotatable bonds is 2. The summed E-state index contributed by atoms with van der Waals surface area (Å²) >= 11 is 0. The number of hydrogen-bond acceptors (Lipinski definition) is 3. The fourth-order valence-electron chi connectivity index (χ4n) is 0.225. The zero-order valence-electron chi connectivity index (χ0n) is 5.07. The Hall–Kier alpha value is -0.130. The van der Waals surface area contributed by atoms with Gasteiger partial charge in [0.1, 0.15) is 6.04 Å². The number of carboxylic acids is 1. The second-order valence-corrected chi connectivity index (χ2v) is 1.72. The van der Waals surface area contributed by atoms with E-state index in [0.29, 0.717) is 0 Å². The van der Waals surface area contributed by atoms with Gasteiger partial charge in [-0.15, -0.1) is 17.0 Å². The Kier molecular flexibility index (Phi) is 6.11. The predicted octanol–water partition coefficient (Wildman–Crippen LogP) is -0.677. The number of nitrogens with two attached hydrogens (primary N) is 2. The van der Waals surface area contributed by atoms with Crippen molar-refractivity contribution in [2.24, 2.45) is 11.5 Å². The number of carbonyl (C=O) groups is 1. The summed E-state index contributed by atoms with van der Waals surface area (Å²) < 4.78 is 0. The first-order chi connectivity index (χ1) is 3.55. The fraction of sp³-hybridized carbons (Fsp3) is 0.750. The highest BCUT2D eigenvalue weighted by atomic mass is 79.9. The zero-order chi connectivity index (χ0) is 6.73. The van der Waals surface area contributed by atoms with E-state index in [9.17, 15) is 4.79 Å². The van der Waals surface area contributed by atoms with Gasteiger partial charge in [-0.2, -0.15) is 0 Å². The van der Waals surface area contributed by atoms with Crippen LogP contribution < -0.4 is 11.5 Å². The Bertz CT molecular complexity index is 96.6. The number of hydrogen-bond donors (Lipinski definition) is 3. The van der Waals surface area contributed by atoms with Gasteiger partial charge in [0.15, 0.2) is 0 Å². The van der Waals surface area contributed by atoms with Crippen LogP contribution in [0.3, 0.4) is 0 Å². The van der Waals surface area contributed by atoms with Crippen LogP contribution in [0.1, 0.15) is 6.92 Å². The number of carboxylic acid groups (broad SMARTS) is 1. The van der Waals surface area contributed by atoms with Crippen LogP contribution in [0.25, 0.3) is 0 Å². The molecule has 0 aromatic carbocycles. The van der Waals surface area contributed by atoms with Crippen molar-refractivity contribution in [2.75, 3.05) is 0 Å². The molecule has 0 saturated heterocycles. The van der Waals surface area contributed by atoms with Gasteiger partial charge in [0.2, 0.25) is 0 Å². The van der Waals surface area contributed by atoms with E-state index in [1.807, 2.05) is 0 Å². The van der Waals surface area contributed by atoms with E-state index >= 15 is 0 Å². The first kappa shape index (κ1) is 11.6. The van der Waals surface area contributed by atoms with Gasteiger partial charge >= 0.3 is 5.97 Å². The van der Waals surface area contributed by atoms with Crippen LogP contribution in [0.15, 0.2) is 0 Å². The molecule has 2 atom stereocenters. The van der Waals surface area contributed by atoms with Crippen molar-refractivity contribution in [3.05, 3.63) is 0 Å². The summed E-state index contributed by atoms with van der Waals surface area (Å²) in [5.74, 6) is -1.06. The van der Waals surface area contributed by atoms with Gasteiger partial charge in [-0.25, -0.2) is 0 Å². The minimum Gasteiger partial charge on any atom is -0.480 e. The molecular formula is C4H11BrN2O2. The van der Waals surface area contributed by atoms with Gasteiger partial charge in [0.25, 0.3) is 0 Å². The Balaban J connectivity index is 0. The van der Waals surface area contributed by atoms with Gasteiger partial charge in [-0.1, -0.05) is 0 Å². The topological polar surface area (TPSA) is 89.3 Å². The van der Waals surface area contributed by atoms with Crippen LogP contribution in [0.4, 0.5) is 0 Å². The van der Waals surface area contributed by atoms with Crippen molar-refractivity contribution in [1.82, 2.24) is 0 Å². The van der Waals surface area contributed by atoms with Crippen LogP contribution in [-0.2, 0) is 4.79 Å². The van der Waals surface area contributed by atoms with E-state index < -0.39 is 18.1 Å². The summed E-state index contributed by atoms with van der Waals surface area (Å²) in [4.78, 5) is 9.94. The molecule has 0 aromatic rings. The minimum absolute atomic E-state index is 0. The van der Waals surface area contributed by atoms with Crippen LogP contribution in [0.2, 0.25) is 0 Å². The van der Waals surface area contributed by atoms with Gasteiger partial charge < -0.3 is 16.6 Å². The Morgan fingerprint density at radius 3 is 1.89 bits per heavy atom. The molecule has 0 aliphatic rings. The quantitative estimate of drug-likeness (QED) is 0.549. The summed E-state index contributed by atoms with van der Waals surface area (Å²) in [7, 11) is 0. The lowest BCUT2D eigenvalue weighted by atomic mass is 10.2. The molecule has 0 rings (SSSR count). The average molecular weight is 199 g/mol. The monoisotopic (exact) mass is 198 g/mol. The molecule has 0 aliphatic heterocycles. The second kappa shape index (κ2) is 4.72. The lowest BCUT2D eigenvalue weighted by Gasteiger charge is -2.08. The van der Waals surface area contributed by atoms with E-state index in [1.165, 1.54) is 0 Å². The first-order valence-electron chi connectivity index (χ1n) is 2.29. The molecule has 56 valence electrons. The average Bonchev–Trinajstić information content (AvgIpc) is 1.64. The van der Waals surface area contributed by atoms with E-state index in [0.717, 1.165) is 0 Å². The van der Waals surface area contributed by atoms with Crippen molar-refractivity contribution in [3.8, 4) is 0 Å². The molecule has 5 heteroatoms. The molecule has 0 aliphatic carbocycles. The fourth-order valence-corrected chi connectivity index (χ4v) is 0.225. The summed E-state index contributed by atoms with van der Waals surface area (Å²) in [5.41, 5.74) is 10.2. The summed E-state index contributed by atoms with van der Waals surface area (Å²) in [6, 6.07) is -1.41.